The summed E-state index contributed by atoms with van der Waals surface area (Å²) in [6.07, 6.45) is 2.89. The van der Waals surface area contributed by atoms with Crippen molar-refractivity contribution in [3.63, 3.8) is 0 Å². The number of carbonyl (C=O) groups is 2. The molecule has 2 saturated heterocycles. The van der Waals surface area contributed by atoms with Crippen molar-refractivity contribution >= 4 is 21.9 Å². The molecular formula is C18H26N2O6S. The van der Waals surface area contributed by atoms with E-state index in [4.69, 9.17) is 9.52 Å². The maximum absolute atomic E-state index is 12.9. The Balaban J connectivity index is 1.64. The van der Waals surface area contributed by atoms with Gasteiger partial charge in [-0.1, -0.05) is 13.8 Å². The summed E-state index contributed by atoms with van der Waals surface area (Å²) in [5.41, 5.74) is 0. The predicted octanol–water partition coefficient (Wildman–Crippen LogP) is 2.03. The third kappa shape index (κ3) is 3.89. The number of amides is 1. The van der Waals surface area contributed by atoms with Crippen LogP contribution in [0.2, 0.25) is 0 Å². The van der Waals surface area contributed by atoms with E-state index in [1.807, 2.05) is 4.90 Å². The lowest BCUT2D eigenvalue weighted by Crippen LogP contribution is -2.45. The summed E-state index contributed by atoms with van der Waals surface area (Å²) in [4.78, 5) is 25.8. The SMILES string of the molecule is CCC1CC(C)CN1C(=O)C1CCN(S(=O)(=O)c2ccc(C(=O)O)o2)CC1. The van der Waals surface area contributed by atoms with Crippen LogP contribution in [0.25, 0.3) is 0 Å². The van der Waals surface area contributed by atoms with Gasteiger partial charge in [-0.05, 0) is 43.7 Å². The molecule has 0 bridgehead atoms. The minimum Gasteiger partial charge on any atom is -0.475 e. The van der Waals surface area contributed by atoms with E-state index in [0.29, 0.717) is 18.8 Å². The molecule has 2 unspecified atom stereocenters. The lowest BCUT2D eigenvalue weighted by atomic mass is 9.96. The minimum atomic E-state index is -3.89. The van der Waals surface area contributed by atoms with Gasteiger partial charge in [0, 0.05) is 31.6 Å². The Morgan fingerprint density at radius 2 is 1.93 bits per heavy atom. The summed E-state index contributed by atoms with van der Waals surface area (Å²) < 4.78 is 31.5. The summed E-state index contributed by atoms with van der Waals surface area (Å²) in [5.74, 6) is -1.25. The number of nitrogens with zero attached hydrogens (tertiary/aromatic N) is 2. The van der Waals surface area contributed by atoms with Gasteiger partial charge < -0.3 is 14.4 Å². The molecular weight excluding hydrogens is 372 g/mol. The zero-order valence-corrected chi connectivity index (χ0v) is 16.4. The quantitative estimate of drug-likeness (QED) is 0.813. The minimum absolute atomic E-state index is 0.134. The average molecular weight is 398 g/mol. The molecule has 3 rings (SSSR count). The highest BCUT2D eigenvalue weighted by molar-refractivity contribution is 7.89. The number of furan rings is 1. The van der Waals surface area contributed by atoms with Gasteiger partial charge >= 0.3 is 5.97 Å². The predicted molar refractivity (Wildman–Crippen MR) is 96.7 cm³/mol. The second-order valence-corrected chi connectivity index (χ2v) is 9.36. The largest absolute Gasteiger partial charge is 0.475 e. The fraction of sp³-hybridized carbons (Fsp3) is 0.667. The molecule has 0 spiro atoms. The van der Waals surface area contributed by atoms with Crippen LogP contribution >= 0.6 is 0 Å². The molecule has 2 aliphatic heterocycles. The van der Waals surface area contributed by atoms with Gasteiger partial charge in [-0.3, -0.25) is 4.79 Å². The van der Waals surface area contributed by atoms with Crippen LogP contribution in [0, 0.1) is 11.8 Å². The fourth-order valence-corrected chi connectivity index (χ4v) is 5.47. The number of piperidine rings is 1. The fourth-order valence-electron chi connectivity index (χ4n) is 4.09. The van der Waals surface area contributed by atoms with Gasteiger partial charge in [0.15, 0.2) is 0 Å². The summed E-state index contributed by atoms with van der Waals surface area (Å²) in [6.45, 7) is 5.47. The Bertz CT molecular complexity index is 810. The van der Waals surface area contributed by atoms with Crippen LogP contribution in [0.5, 0.6) is 0 Å². The number of carbonyl (C=O) groups excluding carboxylic acids is 1. The first-order valence-corrected chi connectivity index (χ1v) is 10.8. The standard InChI is InChI=1S/C18H26N2O6S/c1-3-14-10-12(2)11-20(14)17(21)13-6-8-19(9-7-13)27(24,25)16-5-4-15(26-16)18(22)23/h4-5,12-14H,3,6-11H2,1-2H3,(H,22,23). The maximum Gasteiger partial charge on any atom is 0.371 e. The van der Waals surface area contributed by atoms with Crippen LogP contribution in [0.4, 0.5) is 0 Å². The third-order valence-corrected chi connectivity index (χ3v) is 7.34. The van der Waals surface area contributed by atoms with E-state index in [1.54, 1.807) is 0 Å². The number of carboxylic acid groups (broad SMARTS) is 1. The average Bonchev–Trinajstić information content (AvgIpc) is 3.28. The van der Waals surface area contributed by atoms with Gasteiger partial charge in [0.1, 0.15) is 0 Å². The summed E-state index contributed by atoms with van der Waals surface area (Å²) in [6, 6.07) is 2.57. The van der Waals surface area contributed by atoms with E-state index in [1.165, 1.54) is 4.31 Å². The van der Waals surface area contributed by atoms with Gasteiger partial charge in [0.2, 0.25) is 16.8 Å². The van der Waals surface area contributed by atoms with Crippen LogP contribution in [0.15, 0.2) is 21.6 Å². The van der Waals surface area contributed by atoms with Crippen LogP contribution < -0.4 is 0 Å². The topological polar surface area (TPSA) is 108 Å². The molecule has 27 heavy (non-hydrogen) atoms. The second-order valence-electron chi connectivity index (χ2n) is 7.50. The molecule has 2 atom stereocenters. The lowest BCUT2D eigenvalue weighted by Gasteiger charge is -2.33. The highest BCUT2D eigenvalue weighted by Gasteiger charge is 2.39. The van der Waals surface area contributed by atoms with Crippen LogP contribution in [-0.2, 0) is 14.8 Å². The van der Waals surface area contributed by atoms with Crippen molar-refractivity contribution in [2.24, 2.45) is 11.8 Å². The van der Waals surface area contributed by atoms with Gasteiger partial charge in [0.05, 0.1) is 0 Å². The Morgan fingerprint density at radius 3 is 2.48 bits per heavy atom. The zero-order chi connectivity index (χ0) is 19.8. The van der Waals surface area contributed by atoms with Gasteiger partial charge in [-0.15, -0.1) is 0 Å². The van der Waals surface area contributed by atoms with E-state index in [-0.39, 0.29) is 36.0 Å². The Kier molecular flexibility index (Phi) is 5.62. The lowest BCUT2D eigenvalue weighted by molar-refractivity contribution is -0.137. The summed E-state index contributed by atoms with van der Waals surface area (Å²) in [7, 11) is -3.89. The number of likely N-dealkylation sites (tertiary alicyclic amines) is 1. The molecule has 2 aliphatic rings. The molecule has 0 saturated carbocycles. The molecule has 3 heterocycles. The molecule has 1 aromatic rings. The molecule has 8 nitrogen and oxygen atoms in total. The number of hydrogen-bond acceptors (Lipinski definition) is 5. The molecule has 2 fully saturated rings. The first-order valence-electron chi connectivity index (χ1n) is 9.37. The second kappa shape index (κ2) is 7.63. The highest BCUT2D eigenvalue weighted by atomic mass is 32.2. The van der Waals surface area contributed by atoms with Gasteiger partial charge in [-0.25, -0.2) is 13.2 Å². The highest BCUT2D eigenvalue weighted by Crippen LogP contribution is 2.31. The molecule has 150 valence electrons. The van der Waals surface area contributed by atoms with Crippen LogP contribution in [0.3, 0.4) is 0 Å². The van der Waals surface area contributed by atoms with Crippen molar-refractivity contribution in [1.29, 1.82) is 0 Å². The number of aromatic carboxylic acids is 1. The van der Waals surface area contributed by atoms with Crippen molar-refractivity contribution in [2.75, 3.05) is 19.6 Å². The van der Waals surface area contributed by atoms with Crippen molar-refractivity contribution in [2.45, 2.75) is 50.7 Å². The van der Waals surface area contributed by atoms with Crippen LogP contribution in [0.1, 0.15) is 50.1 Å². The van der Waals surface area contributed by atoms with Crippen LogP contribution in [-0.4, -0.2) is 60.3 Å². The number of sulfonamides is 1. The normalized spacial score (nSPS) is 25.0. The Hall–Kier alpha value is -1.87. The van der Waals surface area contributed by atoms with Crippen molar-refractivity contribution < 1.29 is 27.5 Å². The van der Waals surface area contributed by atoms with E-state index >= 15 is 0 Å². The van der Waals surface area contributed by atoms with Gasteiger partial charge in [-0.2, -0.15) is 4.31 Å². The van der Waals surface area contributed by atoms with Crippen molar-refractivity contribution in [3.8, 4) is 0 Å². The smallest absolute Gasteiger partial charge is 0.371 e. The van der Waals surface area contributed by atoms with E-state index in [9.17, 15) is 18.0 Å². The van der Waals surface area contributed by atoms with Crippen molar-refractivity contribution in [1.82, 2.24) is 9.21 Å². The van der Waals surface area contributed by atoms with Crippen molar-refractivity contribution in [3.05, 3.63) is 17.9 Å². The number of carboxylic acids is 1. The first kappa shape index (κ1) is 19.9. The van der Waals surface area contributed by atoms with E-state index < -0.39 is 21.8 Å². The zero-order valence-electron chi connectivity index (χ0n) is 15.6. The maximum atomic E-state index is 12.9. The van der Waals surface area contributed by atoms with E-state index in [0.717, 1.165) is 31.5 Å². The first-order chi connectivity index (χ1) is 12.7. The summed E-state index contributed by atoms with van der Waals surface area (Å²) in [5, 5.41) is 8.52. The monoisotopic (exact) mass is 398 g/mol. The van der Waals surface area contributed by atoms with Gasteiger partial charge in [0.25, 0.3) is 10.0 Å². The molecule has 0 aliphatic carbocycles. The molecule has 0 radical (unpaired) electrons. The molecule has 9 heteroatoms. The van der Waals surface area contributed by atoms with E-state index in [2.05, 4.69) is 13.8 Å². The molecule has 1 amide bonds. The Morgan fingerprint density at radius 1 is 1.26 bits per heavy atom. The Labute approximate surface area is 159 Å². The number of rotatable bonds is 5. The summed E-state index contributed by atoms with van der Waals surface area (Å²) >= 11 is 0. The third-order valence-electron chi connectivity index (χ3n) is 5.57. The molecule has 1 N–H and O–H groups in total. The molecule has 1 aromatic heterocycles. The number of hydrogen-bond donors (Lipinski definition) is 1. The molecule has 0 aromatic carbocycles.